The van der Waals surface area contributed by atoms with Crippen LogP contribution in [0.3, 0.4) is 0 Å². The van der Waals surface area contributed by atoms with E-state index in [9.17, 15) is 0 Å². The third-order valence-corrected chi connectivity index (χ3v) is 3.87. The van der Waals surface area contributed by atoms with Crippen molar-refractivity contribution in [3.63, 3.8) is 0 Å². The summed E-state index contributed by atoms with van der Waals surface area (Å²) >= 11 is 0. The van der Waals surface area contributed by atoms with E-state index in [1.54, 1.807) is 0 Å². The third kappa shape index (κ3) is 3.76. The Morgan fingerprint density at radius 3 is 2.53 bits per heavy atom. The first kappa shape index (κ1) is 13.0. The fourth-order valence-electron chi connectivity index (χ4n) is 2.95. The van der Waals surface area contributed by atoms with Crippen LogP contribution in [0.1, 0.15) is 46.0 Å². The van der Waals surface area contributed by atoms with E-state index in [0.29, 0.717) is 6.61 Å². The molecule has 2 atom stereocenters. The average molecular weight is 213 g/mol. The molecule has 1 fully saturated rings. The Morgan fingerprint density at radius 2 is 1.93 bits per heavy atom. The fraction of sp³-hybridized carbons (Fsp3) is 1.00. The van der Waals surface area contributed by atoms with Crippen LogP contribution in [0.5, 0.6) is 0 Å². The Kier molecular flexibility index (Phi) is 5.62. The molecule has 1 aliphatic rings. The molecule has 1 rings (SSSR count). The first-order chi connectivity index (χ1) is 7.16. The van der Waals surface area contributed by atoms with E-state index in [-0.39, 0.29) is 0 Å². The van der Waals surface area contributed by atoms with Crippen LogP contribution in [0, 0.1) is 11.8 Å². The Morgan fingerprint density at radius 1 is 1.27 bits per heavy atom. The largest absolute Gasteiger partial charge is 0.396 e. The van der Waals surface area contributed by atoms with Crippen LogP contribution < -0.4 is 0 Å². The van der Waals surface area contributed by atoms with Crippen LogP contribution in [-0.4, -0.2) is 36.2 Å². The lowest BCUT2D eigenvalue weighted by Crippen LogP contribution is -2.42. The number of nitrogens with zero attached hydrogens (tertiary/aromatic N) is 1. The zero-order chi connectivity index (χ0) is 11.3. The molecule has 1 N–H and O–H groups in total. The van der Waals surface area contributed by atoms with Crippen LogP contribution >= 0.6 is 0 Å². The molecule has 0 radical (unpaired) electrons. The third-order valence-electron chi connectivity index (χ3n) is 3.87. The summed E-state index contributed by atoms with van der Waals surface area (Å²) in [6.45, 7) is 6.07. The van der Waals surface area contributed by atoms with Crippen molar-refractivity contribution < 1.29 is 5.11 Å². The minimum Gasteiger partial charge on any atom is -0.396 e. The standard InChI is InChI=1S/C13H27NO/c1-11(2)12-7-4-5-8-13(12)14(3)9-6-10-15/h11-13,15H,4-10H2,1-3H3. The summed E-state index contributed by atoms with van der Waals surface area (Å²) in [6, 6.07) is 0.755. The topological polar surface area (TPSA) is 23.5 Å². The molecule has 2 unspecified atom stereocenters. The van der Waals surface area contributed by atoms with E-state index in [0.717, 1.165) is 30.8 Å². The second kappa shape index (κ2) is 6.49. The summed E-state index contributed by atoms with van der Waals surface area (Å²) in [5.41, 5.74) is 0. The smallest absolute Gasteiger partial charge is 0.0443 e. The van der Waals surface area contributed by atoms with E-state index >= 15 is 0 Å². The van der Waals surface area contributed by atoms with Gasteiger partial charge in [0, 0.05) is 19.2 Å². The molecule has 0 spiro atoms. The van der Waals surface area contributed by atoms with Gasteiger partial charge in [-0.25, -0.2) is 0 Å². The van der Waals surface area contributed by atoms with Crippen molar-refractivity contribution in [1.29, 1.82) is 0 Å². The molecule has 2 nitrogen and oxygen atoms in total. The van der Waals surface area contributed by atoms with Crippen LogP contribution in [0.4, 0.5) is 0 Å². The van der Waals surface area contributed by atoms with Crippen molar-refractivity contribution in [2.24, 2.45) is 11.8 Å². The van der Waals surface area contributed by atoms with E-state index in [1.807, 2.05) is 0 Å². The molecular weight excluding hydrogens is 186 g/mol. The lowest BCUT2D eigenvalue weighted by molar-refractivity contribution is 0.0941. The fourth-order valence-corrected chi connectivity index (χ4v) is 2.95. The van der Waals surface area contributed by atoms with Crippen LogP contribution in [-0.2, 0) is 0 Å². The quantitative estimate of drug-likeness (QED) is 0.758. The van der Waals surface area contributed by atoms with Crippen LogP contribution in [0.25, 0.3) is 0 Å². The monoisotopic (exact) mass is 213 g/mol. The predicted octanol–water partition coefficient (Wildman–Crippen LogP) is 2.52. The van der Waals surface area contributed by atoms with Crippen LogP contribution in [0.2, 0.25) is 0 Å². The Hall–Kier alpha value is -0.0800. The molecule has 0 aromatic heterocycles. The second-order valence-electron chi connectivity index (χ2n) is 5.32. The molecule has 0 bridgehead atoms. The summed E-state index contributed by atoms with van der Waals surface area (Å²) < 4.78 is 0. The van der Waals surface area contributed by atoms with Gasteiger partial charge < -0.3 is 10.0 Å². The maximum atomic E-state index is 8.86. The van der Waals surface area contributed by atoms with Crippen molar-refractivity contribution in [2.45, 2.75) is 52.0 Å². The molecule has 90 valence electrons. The van der Waals surface area contributed by atoms with Gasteiger partial charge in [-0.1, -0.05) is 26.7 Å². The van der Waals surface area contributed by atoms with E-state index in [1.165, 1.54) is 25.7 Å². The van der Waals surface area contributed by atoms with Crippen molar-refractivity contribution in [3.8, 4) is 0 Å². The summed E-state index contributed by atoms with van der Waals surface area (Å²) in [5, 5.41) is 8.86. The molecule has 0 saturated heterocycles. The first-order valence-electron chi connectivity index (χ1n) is 6.48. The van der Waals surface area contributed by atoms with E-state index in [2.05, 4.69) is 25.8 Å². The van der Waals surface area contributed by atoms with E-state index in [4.69, 9.17) is 5.11 Å². The number of hydrogen-bond acceptors (Lipinski definition) is 2. The number of hydrogen-bond donors (Lipinski definition) is 1. The Balaban J connectivity index is 2.47. The number of rotatable bonds is 5. The lowest BCUT2D eigenvalue weighted by Gasteiger charge is -2.40. The maximum absolute atomic E-state index is 8.86. The van der Waals surface area contributed by atoms with Crippen molar-refractivity contribution >= 4 is 0 Å². The van der Waals surface area contributed by atoms with Gasteiger partial charge in [0.05, 0.1) is 0 Å². The van der Waals surface area contributed by atoms with Gasteiger partial charge in [-0.05, 0) is 38.1 Å². The highest BCUT2D eigenvalue weighted by molar-refractivity contribution is 4.83. The molecule has 1 saturated carbocycles. The zero-order valence-corrected chi connectivity index (χ0v) is 10.6. The summed E-state index contributed by atoms with van der Waals surface area (Å²) in [5.74, 6) is 1.66. The lowest BCUT2D eigenvalue weighted by atomic mass is 9.77. The van der Waals surface area contributed by atoms with Crippen molar-refractivity contribution in [1.82, 2.24) is 4.90 Å². The highest BCUT2D eigenvalue weighted by atomic mass is 16.3. The molecule has 15 heavy (non-hydrogen) atoms. The minimum absolute atomic E-state index is 0.323. The van der Waals surface area contributed by atoms with Gasteiger partial charge in [-0.2, -0.15) is 0 Å². The molecule has 0 aromatic rings. The highest BCUT2D eigenvalue weighted by Gasteiger charge is 2.29. The summed E-state index contributed by atoms with van der Waals surface area (Å²) in [6.07, 6.45) is 6.46. The Labute approximate surface area is 94.7 Å². The zero-order valence-electron chi connectivity index (χ0n) is 10.6. The summed E-state index contributed by atoms with van der Waals surface area (Å²) in [7, 11) is 2.22. The van der Waals surface area contributed by atoms with Gasteiger partial charge in [0.1, 0.15) is 0 Å². The van der Waals surface area contributed by atoms with Gasteiger partial charge in [0.15, 0.2) is 0 Å². The summed E-state index contributed by atoms with van der Waals surface area (Å²) in [4.78, 5) is 2.47. The van der Waals surface area contributed by atoms with Gasteiger partial charge in [-0.15, -0.1) is 0 Å². The number of aliphatic hydroxyl groups is 1. The molecule has 0 aromatic carbocycles. The van der Waals surface area contributed by atoms with Crippen molar-refractivity contribution in [2.75, 3.05) is 20.2 Å². The minimum atomic E-state index is 0.323. The molecule has 2 heteroatoms. The normalized spacial score (nSPS) is 27.6. The van der Waals surface area contributed by atoms with Gasteiger partial charge in [0.2, 0.25) is 0 Å². The highest BCUT2D eigenvalue weighted by Crippen LogP contribution is 2.32. The molecular formula is C13H27NO. The molecule has 0 heterocycles. The molecule has 0 aliphatic heterocycles. The van der Waals surface area contributed by atoms with Gasteiger partial charge >= 0.3 is 0 Å². The van der Waals surface area contributed by atoms with Crippen molar-refractivity contribution in [3.05, 3.63) is 0 Å². The second-order valence-corrected chi connectivity index (χ2v) is 5.32. The molecule has 1 aliphatic carbocycles. The predicted molar refractivity (Wildman–Crippen MR) is 64.9 cm³/mol. The number of aliphatic hydroxyl groups excluding tert-OH is 1. The average Bonchev–Trinajstić information content (AvgIpc) is 2.25. The Bertz CT molecular complexity index is 170. The molecule has 0 amide bonds. The van der Waals surface area contributed by atoms with Crippen LogP contribution in [0.15, 0.2) is 0 Å². The van der Waals surface area contributed by atoms with Gasteiger partial charge in [-0.3, -0.25) is 0 Å². The van der Waals surface area contributed by atoms with Gasteiger partial charge in [0.25, 0.3) is 0 Å². The first-order valence-corrected chi connectivity index (χ1v) is 6.48. The SMILES string of the molecule is CC(C)C1CCCCC1N(C)CCCO. The maximum Gasteiger partial charge on any atom is 0.0443 e. The van der Waals surface area contributed by atoms with E-state index < -0.39 is 0 Å².